The molecule has 0 N–H and O–H groups in total. The molecule has 0 spiro atoms. The number of aromatic nitrogens is 2. The summed E-state index contributed by atoms with van der Waals surface area (Å²) in [5.74, 6) is 1.12. The van der Waals surface area contributed by atoms with Crippen molar-refractivity contribution in [1.29, 1.82) is 0 Å². The Labute approximate surface area is 152 Å². The number of ether oxygens (including phenoxy) is 1. The molecule has 0 saturated carbocycles. The van der Waals surface area contributed by atoms with Gasteiger partial charge in [0.15, 0.2) is 0 Å². The zero-order valence-corrected chi connectivity index (χ0v) is 15.7. The summed E-state index contributed by atoms with van der Waals surface area (Å²) in [6.07, 6.45) is 1.27. The van der Waals surface area contributed by atoms with Gasteiger partial charge in [-0.15, -0.1) is 0 Å². The minimum Gasteiger partial charge on any atom is -0.473 e. The Bertz CT molecular complexity index is 853. The summed E-state index contributed by atoms with van der Waals surface area (Å²) in [6, 6.07) is 8.08. The van der Waals surface area contributed by atoms with Gasteiger partial charge in [0.1, 0.15) is 11.9 Å². The van der Waals surface area contributed by atoms with Crippen molar-refractivity contribution in [3.63, 3.8) is 0 Å². The Balaban J connectivity index is 1.76. The van der Waals surface area contributed by atoms with E-state index in [0.29, 0.717) is 23.3 Å². The number of rotatable bonds is 4. The van der Waals surface area contributed by atoms with E-state index in [9.17, 15) is 8.42 Å². The highest BCUT2D eigenvalue weighted by atomic mass is 35.5. The van der Waals surface area contributed by atoms with E-state index in [1.165, 1.54) is 10.4 Å². The SMILES string of the molecule is Cc1cc(OC2CCCN(S(=O)(=O)c3cccc(Cl)c3)C2)nc(C)n1. The van der Waals surface area contributed by atoms with Gasteiger partial charge in [-0.25, -0.2) is 13.4 Å². The fraction of sp³-hybridized carbons (Fsp3) is 0.412. The lowest BCUT2D eigenvalue weighted by Gasteiger charge is -2.31. The van der Waals surface area contributed by atoms with Gasteiger partial charge < -0.3 is 4.74 Å². The fourth-order valence-electron chi connectivity index (χ4n) is 2.91. The van der Waals surface area contributed by atoms with Crippen LogP contribution in [-0.4, -0.2) is 41.9 Å². The maximum absolute atomic E-state index is 12.8. The second-order valence-corrected chi connectivity index (χ2v) is 8.47. The lowest BCUT2D eigenvalue weighted by molar-refractivity contribution is 0.124. The Hall–Kier alpha value is -1.70. The third kappa shape index (κ3) is 4.29. The predicted octanol–water partition coefficient (Wildman–Crippen LogP) is 2.98. The quantitative estimate of drug-likeness (QED) is 0.814. The molecule has 1 aliphatic heterocycles. The van der Waals surface area contributed by atoms with Crippen LogP contribution in [0, 0.1) is 13.8 Å². The highest BCUT2D eigenvalue weighted by Gasteiger charge is 2.31. The number of hydrogen-bond donors (Lipinski definition) is 0. The second-order valence-electron chi connectivity index (χ2n) is 6.10. The third-order valence-electron chi connectivity index (χ3n) is 4.00. The van der Waals surface area contributed by atoms with Gasteiger partial charge in [-0.1, -0.05) is 17.7 Å². The molecule has 2 aromatic rings. The first-order chi connectivity index (χ1) is 11.8. The molecule has 8 heteroatoms. The number of benzene rings is 1. The topological polar surface area (TPSA) is 72.4 Å². The van der Waals surface area contributed by atoms with Crippen molar-refractivity contribution < 1.29 is 13.2 Å². The predicted molar refractivity (Wildman–Crippen MR) is 95.4 cm³/mol. The number of halogens is 1. The van der Waals surface area contributed by atoms with Gasteiger partial charge in [-0.3, -0.25) is 0 Å². The molecule has 1 aromatic carbocycles. The maximum Gasteiger partial charge on any atom is 0.243 e. The van der Waals surface area contributed by atoms with Gasteiger partial charge in [0.2, 0.25) is 15.9 Å². The number of nitrogens with zero attached hydrogens (tertiary/aromatic N) is 3. The van der Waals surface area contributed by atoms with Gasteiger partial charge in [0.05, 0.1) is 11.4 Å². The zero-order valence-electron chi connectivity index (χ0n) is 14.1. The Morgan fingerprint density at radius 1 is 1.24 bits per heavy atom. The van der Waals surface area contributed by atoms with Gasteiger partial charge in [-0.05, 0) is 44.9 Å². The van der Waals surface area contributed by atoms with Crippen LogP contribution in [-0.2, 0) is 10.0 Å². The fourth-order valence-corrected chi connectivity index (χ4v) is 4.72. The molecule has 1 atom stereocenters. The zero-order chi connectivity index (χ0) is 18.0. The Morgan fingerprint density at radius 3 is 2.76 bits per heavy atom. The van der Waals surface area contributed by atoms with E-state index < -0.39 is 10.0 Å². The molecular weight excluding hydrogens is 362 g/mol. The van der Waals surface area contributed by atoms with E-state index in [0.717, 1.165) is 18.5 Å². The minimum atomic E-state index is -3.59. The Morgan fingerprint density at radius 2 is 2.04 bits per heavy atom. The number of piperidine rings is 1. The van der Waals surface area contributed by atoms with E-state index in [-0.39, 0.29) is 17.5 Å². The van der Waals surface area contributed by atoms with E-state index in [4.69, 9.17) is 16.3 Å². The molecular formula is C17H20ClN3O3S. The molecule has 0 radical (unpaired) electrons. The summed E-state index contributed by atoms with van der Waals surface area (Å²) in [5.41, 5.74) is 0.821. The van der Waals surface area contributed by atoms with Gasteiger partial charge >= 0.3 is 0 Å². The summed E-state index contributed by atoms with van der Waals surface area (Å²) in [5, 5.41) is 0.401. The van der Waals surface area contributed by atoms with Crippen molar-refractivity contribution in [2.75, 3.05) is 13.1 Å². The van der Waals surface area contributed by atoms with E-state index >= 15 is 0 Å². The first kappa shape index (κ1) is 18.1. The number of aryl methyl sites for hydroxylation is 2. The first-order valence-electron chi connectivity index (χ1n) is 8.09. The molecule has 0 bridgehead atoms. The molecule has 1 saturated heterocycles. The lowest BCUT2D eigenvalue weighted by atomic mass is 10.1. The van der Waals surface area contributed by atoms with Gasteiger partial charge in [0.25, 0.3) is 0 Å². The standard InChI is InChI=1S/C17H20ClN3O3S/c1-12-9-17(20-13(2)19-12)24-15-6-4-8-21(11-15)25(22,23)16-7-3-5-14(18)10-16/h3,5,7,9-10,15H,4,6,8,11H2,1-2H3. The molecule has 25 heavy (non-hydrogen) atoms. The summed E-state index contributed by atoms with van der Waals surface area (Å²) >= 11 is 5.93. The molecule has 3 rings (SSSR count). The molecule has 0 amide bonds. The molecule has 6 nitrogen and oxygen atoms in total. The van der Waals surface area contributed by atoms with E-state index in [2.05, 4.69) is 9.97 Å². The van der Waals surface area contributed by atoms with Crippen molar-refractivity contribution in [3.8, 4) is 5.88 Å². The van der Waals surface area contributed by atoms with Crippen molar-refractivity contribution in [1.82, 2.24) is 14.3 Å². The lowest BCUT2D eigenvalue weighted by Crippen LogP contribution is -2.44. The first-order valence-corrected chi connectivity index (χ1v) is 9.91. The van der Waals surface area contributed by atoms with Crippen LogP contribution in [0.25, 0.3) is 0 Å². The van der Waals surface area contributed by atoms with Gasteiger partial charge in [-0.2, -0.15) is 9.29 Å². The highest BCUT2D eigenvalue weighted by molar-refractivity contribution is 7.89. The smallest absolute Gasteiger partial charge is 0.243 e. The normalized spacial score (nSPS) is 18.9. The van der Waals surface area contributed by atoms with E-state index in [1.54, 1.807) is 31.2 Å². The monoisotopic (exact) mass is 381 g/mol. The van der Waals surface area contributed by atoms with Crippen LogP contribution < -0.4 is 4.74 Å². The van der Waals surface area contributed by atoms with E-state index in [1.807, 2.05) is 6.92 Å². The minimum absolute atomic E-state index is 0.203. The summed E-state index contributed by atoms with van der Waals surface area (Å²) in [6.45, 7) is 4.43. The van der Waals surface area contributed by atoms with Crippen LogP contribution in [0.3, 0.4) is 0 Å². The average molecular weight is 382 g/mol. The van der Waals surface area contributed by atoms with Crippen LogP contribution in [0.5, 0.6) is 5.88 Å². The molecule has 1 aromatic heterocycles. The summed E-state index contributed by atoms with van der Waals surface area (Å²) in [7, 11) is -3.59. The molecule has 1 aliphatic rings. The third-order valence-corrected chi connectivity index (χ3v) is 6.10. The van der Waals surface area contributed by atoms with Crippen molar-refractivity contribution in [2.45, 2.75) is 37.7 Å². The second kappa shape index (κ2) is 7.27. The van der Waals surface area contributed by atoms with Crippen LogP contribution in [0.2, 0.25) is 5.02 Å². The number of sulfonamides is 1. The highest BCUT2D eigenvalue weighted by Crippen LogP contribution is 2.24. The summed E-state index contributed by atoms with van der Waals surface area (Å²) < 4.78 is 33.0. The van der Waals surface area contributed by atoms with Crippen molar-refractivity contribution in [2.24, 2.45) is 0 Å². The molecule has 134 valence electrons. The van der Waals surface area contributed by atoms with Crippen LogP contribution in [0.1, 0.15) is 24.4 Å². The van der Waals surface area contributed by atoms with Crippen molar-refractivity contribution in [3.05, 3.63) is 46.9 Å². The van der Waals surface area contributed by atoms with Crippen molar-refractivity contribution >= 4 is 21.6 Å². The Kier molecular flexibility index (Phi) is 5.27. The molecule has 2 heterocycles. The van der Waals surface area contributed by atoms with Crippen LogP contribution >= 0.6 is 11.6 Å². The largest absolute Gasteiger partial charge is 0.473 e. The number of hydrogen-bond acceptors (Lipinski definition) is 5. The van der Waals surface area contributed by atoms with Crippen LogP contribution in [0.15, 0.2) is 35.2 Å². The molecule has 1 fully saturated rings. The maximum atomic E-state index is 12.8. The molecule has 0 aliphatic carbocycles. The summed E-state index contributed by atoms with van der Waals surface area (Å²) in [4.78, 5) is 8.69. The van der Waals surface area contributed by atoms with Crippen LogP contribution in [0.4, 0.5) is 0 Å². The van der Waals surface area contributed by atoms with Gasteiger partial charge in [0, 0.05) is 23.3 Å². The molecule has 1 unspecified atom stereocenters. The average Bonchev–Trinajstić information content (AvgIpc) is 2.54.